The van der Waals surface area contributed by atoms with E-state index in [9.17, 15) is 0 Å². The van der Waals surface area contributed by atoms with E-state index in [-0.39, 0.29) is 0 Å². The summed E-state index contributed by atoms with van der Waals surface area (Å²) < 4.78 is 5.26. The molecule has 2 rings (SSSR count). The molecule has 0 bridgehead atoms. The molecule has 3 heteroatoms. The number of para-hydroxylation sites is 1. The van der Waals surface area contributed by atoms with Gasteiger partial charge in [0.15, 0.2) is 0 Å². The van der Waals surface area contributed by atoms with E-state index in [1.54, 1.807) is 7.11 Å². The first-order valence-electron chi connectivity index (χ1n) is 4.46. The third-order valence-electron chi connectivity index (χ3n) is 2.09. The maximum Gasteiger partial charge on any atom is 0.128 e. The molecule has 0 fully saturated rings. The van der Waals surface area contributed by atoms with E-state index in [0.717, 1.165) is 22.7 Å². The normalized spacial score (nSPS) is 10.1. The lowest BCUT2D eigenvalue weighted by molar-refractivity contribution is 0.416. The van der Waals surface area contributed by atoms with Crippen LogP contribution in [0.3, 0.4) is 0 Å². The molecule has 0 amide bonds. The summed E-state index contributed by atoms with van der Waals surface area (Å²) in [5, 5.41) is 7.10. The molecule has 14 heavy (non-hydrogen) atoms. The molecule has 3 nitrogen and oxygen atoms in total. The smallest absolute Gasteiger partial charge is 0.128 e. The number of benzene rings is 1. The third kappa shape index (κ3) is 1.48. The minimum Gasteiger partial charge on any atom is -0.496 e. The molecular formula is C11H12N2O. The Morgan fingerprint density at radius 3 is 2.71 bits per heavy atom. The summed E-state index contributed by atoms with van der Waals surface area (Å²) in [5.41, 5.74) is 2.98. The van der Waals surface area contributed by atoms with Crippen LogP contribution in [0.1, 0.15) is 5.69 Å². The molecule has 0 saturated heterocycles. The number of hydrogen-bond acceptors (Lipinski definition) is 2. The van der Waals surface area contributed by atoms with Crippen molar-refractivity contribution in [3.8, 4) is 17.0 Å². The lowest BCUT2D eigenvalue weighted by Crippen LogP contribution is -1.87. The minimum absolute atomic E-state index is 0.846. The molecule has 2 aromatic rings. The SMILES string of the molecule is COc1ccccc1-c1cc(C)[nH]n1. The van der Waals surface area contributed by atoms with Gasteiger partial charge >= 0.3 is 0 Å². The van der Waals surface area contributed by atoms with E-state index in [1.165, 1.54) is 0 Å². The van der Waals surface area contributed by atoms with Crippen LogP contribution in [0.2, 0.25) is 0 Å². The molecule has 72 valence electrons. The number of nitrogens with zero attached hydrogens (tertiary/aromatic N) is 1. The summed E-state index contributed by atoms with van der Waals surface area (Å²) in [6, 6.07) is 9.84. The topological polar surface area (TPSA) is 37.9 Å². The van der Waals surface area contributed by atoms with Crippen LogP contribution >= 0.6 is 0 Å². The highest BCUT2D eigenvalue weighted by Crippen LogP contribution is 2.27. The fourth-order valence-electron chi connectivity index (χ4n) is 1.41. The average Bonchev–Trinajstić information content (AvgIpc) is 2.65. The number of aromatic amines is 1. The first-order chi connectivity index (χ1) is 6.81. The van der Waals surface area contributed by atoms with E-state index in [1.807, 2.05) is 37.3 Å². The Morgan fingerprint density at radius 2 is 2.07 bits per heavy atom. The van der Waals surface area contributed by atoms with Crippen LogP contribution in [0, 0.1) is 6.92 Å². The van der Waals surface area contributed by atoms with Gasteiger partial charge in [0, 0.05) is 11.3 Å². The van der Waals surface area contributed by atoms with E-state index in [2.05, 4.69) is 10.2 Å². The molecule has 0 aliphatic rings. The molecule has 0 radical (unpaired) electrons. The summed E-state index contributed by atoms with van der Waals surface area (Å²) in [5.74, 6) is 0.846. The predicted octanol–water partition coefficient (Wildman–Crippen LogP) is 2.39. The zero-order chi connectivity index (χ0) is 9.97. The van der Waals surface area contributed by atoms with Crippen molar-refractivity contribution in [1.29, 1.82) is 0 Å². The number of rotatable bonds is 2. The van der Waals surface area contributed by atoms with Gasteiger partial charge < -0.3 is 4.74 Å². The van der Waals surface area contributed by atoms with Gasteiger partial charge in [-0.3, -0.25) is 5.10 Å². The van der Waals surface area contributed by atoms with Crippen molar-refractivity contribution in [1.82, 2.24) is 10.2 Å². The van der Waals surface area contributed by atoms with E-state index in [0.29, 0.717) is 0 Å². The van der Waals surface area contributed by atoms with Gasteiger partial charge in [-0.05, 0) is 25.1 Å². The standard InChI is InChI=1S/C11H12N2O/c1-8-7-10(13-12-8)9-5-3-4-6-11(9)14-2/h3-7H,1-2H3,(H,12,13). The average molecular weight is 188 g/mol. The van der Waals surface area contributed by atoms with Crippen LogP contribution in [0.25, 0.3) is 11.3 Å². The number of H-pyrrole nitrogens is 1. The lowest BCUT2D eigenvalue weighted by Gasteiger charge is -2.04. The predicted molar refractivity (Wildman–Crippen MR) is 55.3 cm³/mol. The van der Waals surface area contributed by atoms with Crippen LogP contribution in [0.4, 0.5) is 0 Å². The Kier molecular flexibility index (Phi) is 2.23. The van der Waals surface area contributed by atoms with Crippen molar-refractivity contribution in [2.45, 2.75) is 6.92 Å². The monoisotopic (exact) mass is 188 g/mol. The first-order valence-corrected chi connectivity index (χ1v) is 4.46. The zero-order valence-corrected chi connectivity index (χ0v) is 8.24. The molecule has 1 N–H and O–H groups in total. The number of aromatic nitrogens is 2. The van der Waals surface area contributed by atoms with Crippen LogP contribution in [0.15, 0.2) is 30.3 Å². The zero-order valence-electron chi connectivity index (χ0n) is 8.24. The first kappa shape index (κ1) is 8.81. The highest BCUT2D eigenvalue weighted by molar-refractivity contribution is 5.67. The molecule has 0 saturated carbocycles. The number of hydrogen-bond donors (Lipinski definition) is 1. The van der Waals surface area contributed by atoms with Crippen LogP contribution in [-0.4, -0.2) is 17.3 Å². The summed E-state index contributed by atoms with van der Waals surface area (Å²) in [4.78, 5) is 0. The Morgan fingerprint density at radius 1 is 1.29 bits per heavy atom. The summed E-state index contributed by atoms with van der Waals surface area (Å²) in [6.07, 6.45) is 0. The molecule has 1 aromatic carbocycles. The molecule has 0 spiro atoms. The van der Waals surface area contributed by atoms with Crippen molar-refractivity contribution in [3.63, 3.8) is 0 Å². The minimum atomic E-state index is 0.846. The summed E-state index contributed by atoms with van der Waals surface area (Å²) >= 11 is 0. The van der Waals surface area contributed by atoms with Crippen molar-refractivity contribution in [3.05, 3.63) is 36.0 Å². The third-order valence-corrected chi connectivity index (χ3v) is 2.09. The van der Waals surface area contributed by atoms with Crippen molar-refractivity contribution >= 4 is 0 Å². The Bertz CT molecular complexity index is 434. The van der Waals surface area contributed by atoms with Gasteiger partial charge in [0.2, 0.25) is 0 Å². The molecule has 0 atom stereocenters. The highest BCUT2D eigenvalue weighted by atomic mass is 16.5. The number of nitrogens with one attached hydrogen (secondary N) is 1. The second-order valence-corrected chi connectivity index (χ2v) is 3.14. The van der Waals surface area contributed by atoms with Crippen molar-refractivity contribution in [2.24, 2.45) is 0 Å². The highest BCUT2D eigenvalue weighted by Gasteiger charge is 2.06. The van der Waals surface area contributed by atoms with Gasteiger partial charge in [-0.25, -0.2) is 0 Å². The second-order valence-electron chi connectivity index (χ2n) is 3.14. The fraction of sp³-hybridized carbons (Fsp3) is 0.182. The molecule has 0 aliphatic carbocycles. The largest absolute Gasteiger partial charge is 0.496 e. The summed E-state index contributed by atoms with van der Waals surface area (Å²) in [6.45, 7) is 1.98. The van der Waals surface area contributed by atoms with E-state index < -0.39 is 0 Å². The van der Waals surface area contributed by atoms with E-state index in [4.69, 9.17) is 4.74 Å². The summed E-state index contributed by atoms with van der Waals surface area (Å²) in [7, 11) is 1.67. The van der Waals surface area contributed by atoms with Gasteiger partial charge in [0.05, 0.1) is 12.8 Å². The van der Waals surface area contributed by atoms with Gasteiger partial charge in [0.1, 0.15) is 5.75 Å². The van der Waals surface area contributed by atoms with Crippen LogP contribution < -0.4 is 4.74 Å². The van der Waals surface area contributed by atoms with E-state index >= 15 is 0 Å². The van der Waals surface area contributed by atoms with Crippen molar-refractivity contribution in [2.75, 3.05) is 7.11 Å². The maximum absolute atomic E-state index is 5.26. The maximum atomic E-state index is 5.26. The molecule has 1 heterocycles. The fourth-order valence-corrected chi connectivity index (χ4v) is 1.41. The van der Waals surface area contributed by atoms with Crippen molar-refractivity contribution < 1.29 is 4.74 Å². The van der Waals surface area contributed by atoms with Crippen LogP contribution in [-0.2, 0) is 0 Å². The number of ether oxygens (including phenoxy) is 1. The van der Waals surface area contributed by atoms with Crippen LogP contribution in [0.5, 0.6) is 5.75 Å². The quantitative estimate of drug-likeness (QED) is 0.785. The Balaban J connectivity index is 2.50. The lowest BCUT2D eigenvalue weighted by atomic mass is 10.1. The van der Waals surface area contributed by atoms with Gasteiger partial charge in [-0.1, -0.05) is 12.1 Å². The van der Waals surface area contributed by atoms with Gasteiger partial charge in [-0.2, -0.15) is 5.10 Å². The molecular weight excluding hydrogens is 176 g/mol. The number of methoxy groups -OCH3 is 1. The molecule has 0 aliphatic heterocycles. The molecule has 1 aromatic heterocycles. The van der Waals surface area contributed by atoms with Gasteiger partial charge in [0.25, 0.3) is 0 Å². The Hall–Kier alpha value is -1.77. The Labute approximate surface area is 82.7 Å². The van der Waals surface area contributed by atoms with Gasteiger partial charge in [-0.15, -0.1) is 0 Å². The number of aryl methyl sites for hydroxylation is 1. The second kappa shape index (κ2) is 3.54. The molecule has 0 unspecified atom stereocenters.